The van der Waals surface area contributed by atoms with E-state index in [2.05, 4.69) is 20.9 Å². The Hall–Kier alpha value is -1.30. The minimum atomic E-state index is 0.0453. The van der Waals surface area contributed by atoms with Crippen LogP contribution < -0.4 is 16.0 Å². The van der Waals surface area contributed by atoms with Crippen LogP contribution in [0.3, 0.4) is 0 Å². The van der Waals surface area contributed by atoms with E-state index in [4.69, 9.17) is 4.74 Å². The monoisotopic (exact) mass is 286 g/mol. The molecule has 0 rings (SSSR count). The fourth-order valence-electron chi connectivity index (χ4n) is 1.56. The summed E-state index contributed by atoms with van der Waals surface area (Å²) in [5.41, 5.74) is 0. The lowest BCUT2D eigenvalue weighted by atomic mass is 10.2. The Bertz CT molecular complexity index is 295. The van der Waals surface area contributed by atoms with Crippen LogP contribution in [-0.2, 0) is 9.53 Å². The number of hydrogen-bond donors (Lipinski definition) is 3. The second-order valence-corrected chi connectivity index (χ2v) is 4.89. The summed E-state index contributed by atoms with van der Waals surface area (Å²) in [6, 6.07) is 0.395. The molecule has 20 heavy (non-hydrogen) atoms. The maximum absolute atomic E-state index is 11.6. The van der Waals surface area contributed by atoms with Gasteiger partial charge in [0.15, 0.2) is 5.96 Å². The van der Waals surface area contributed by atoms with E-state index in [0.717, 1.165) is 13.0 Å². The highest BCUT2D eigenvalue weighted by Crippen LogP contribution is 1.91. The molecule has 118 valence electrons. The van der Waals surface area contributed by atoms with E-state index in [1.165, 1.54) is 0 Å². The molecule has 1 amide bonds. The van der Waals surface area contributed by atoms with Crippen molar-refractivity contribution in [1.82, 2.24) is 16.0 Å². The van der Waals surface area contributed by atoms with Crippen molar-refractivity contribution in [2.75, 3.05) is 26.8 Å². The van der Waals surface area contributed by atoms with E-state index in [9.17, 15) is 4.79 Å². The number of methoxy groups -OCH3 is 1. The van der Waals surface area contributed by atoms with Gasteiger partial charge in [-0.05, 0) is 27.2 Å². The summed E-state index contributed by atoms with van der Waals surface area (Å²) in [6.45, 7) is 9.94. The number of nitrogens with one attached hydrogen (secondary N) is 3. The van der Waals surface area contributed by atoms with E-state index in [1.54, 1.807) is 7.11 Å². The zero-order chi connectivity index (χ0) is 15.4. The number of aliphatic imine (C=N–C) groups is 1. The van der Waals surface area contributed by atoms with Gasteiger partial charge in [0, 0.05) is 32.2 Å². The van der Waals surface area contributed by atoms with Crippen molar-refractivity contribution in [2.24, 2.45) is 4.99 Å². The van der Waals surface area contributed by atoms with Gasteiger partial charge in [-0.1, -0.05) is 6.92 Å². The van der Waals surface area contributed by atoms with E-state index in [0.29, 0.717) is 25.5 Å². The number of rotatable bonds is 9. The standard InChI is InChI=1S/C14H30N4O2/c1-6-11(3)17-13(19)8-9-16-14(15-7-2)18-12(4)10-20-5/h11-12H,6-10H2,1-5H3,(H,17,19)(H2,15,16,18). The lowest BCUT2D eigenvalue weighted by molar-refractivity contribution is -0.121. The molecular formula is C14H30N4O2. The second-order valence-electron chi connectivity index (χ2n) is 4.89. The van der Waals surface area contributed by atoms with Crippen LogP contribution in [0, 0.1) is 0 Å². The fraction of sp³-hybridized carbons (Fsp3) is 0.857. The molecule has 6 heteroatoms. The summed E-state index contributed by atoms with van der Waals surface area (Å²) in [4.78, 5) is 16.0. The summed E-state index contributed by atoms with van der Waals surface area (Å²) in [5.74, 6) is 0.761. The zero-order valence-corrected chi connectivity index (χ0v) is 13.5. The third-order valence-corrected chi connectivity index (χ3v) is 2.77. The van der Waals surface area contributed by atoms with Crippen LogP contribution in [0.25, 0.3) is 0 Å². The van der Waals surface area contributed by atoms with Gasteiger partial charge in [-0.15, -0.1) is 0 Å². The summed E-state index contributed by atoms with van der Waals surface area (Å²) < 4.78 is 5.07. The molecule has 0 aliphatic rings. The normalized spacial score (nSPS) is 14.6. The Morgan fingerprint density at radius 2 is 1.90 bits per heavy atom. The van der Waals surface area contributed by atoms with Crippen molar-refractivity contribution in [3.8, 4) is 0 Å². The molecule has 6 nitrogen and oxygen atoms in total. The molecule has 2 atom stereocenters. The van der Waals surface area contributed by atoms with Gasteiger partial charge in [-0.25, -0.2) is 0 Å². The minimum Gasteiger partial charge on any atom is -0.383 e. The smallest absolute Gasteiger partial charge is 0.222 e. The molecule has 0 aromatic heterocycles. The molecule has 0 spiro atoms. The molecule has 0 aliphatic carbocycles. The van der Waals surface area contributed by atoms with Gasteiger partial charge in [0.05, 0.1) is 13.2 Å². The van der Waals surface area contributed by atoms with Gasteiger partial charge in [-0.2, -0.15) is 0 Å². The minimum absolute atomic E-state index is 0.0453. The highest BCUT2D eigenvalue weighted by molar-refractivity contribution is 5.81. The number of hydrogen-bond acceptors (Lipinski definition) is 3. The number of guanidine groups is 1. The first kappa shape index (κ1) is 18.7. The number of carbonyl (C=O) groups is 1. The first-order chi connectivity index (χ1) is 9.53. The maximum atomic E-state index is 11.6. The molecule has 0 saturated heterocycles. The highest BCUT2D eigenvalue weighted by Gasteiger charge is 2.06. The molecule has 0 aromatic carbocycles. The van der Waals surface area contributed by atoms with E-state index < -0.39 is 0 Å². The van der Waals surface area contributed by atoms with E-state index >= 15 is 0 Å². The van der Waals surface area contributed by atoms with Crippen molar-refractivity contribution in [3.63, 3.8) is 0 Å². The SMILES string of the molecule is CCNC(=NCCC(=O)NC(C)CC)NC(C)COC. The zero-order valence-electron chi connectivity index (χ0n) is 13.5. The van der Waals surface area contributed by atoms with Crippen molar-refractivity contribution in [2.45, 2.75) is 52.6 Å². The Kier molecular flexibility index (Phi) is 10.8. The number of amides is 1. The predicted molar refractivity (Wildman–Crippen MR) is 83.0 cm³/mol. The quantitative estimate of drug-likeness (QED) is 0.434. The van der Waals surface area contributed by atoms with Gasteiger partial charge >= 0.3 is 0 Å². The molecule has 0 bridgehead atoms. The molecule has 0 fully saturated rings. The largest absolute Gasteiger partial charge is 0.383 e. The van der Waals surface area contributed by atoms with Crippen LogP contribution in [0.15, 0.2) is 4.99 Å². The second kappa shape index (κ2) is 11.5. The summed E-state index contributed by atoms with van der Waals surface area (Å²) in [6.07, 6.45) is 1.34. The Labute approximate surface area is 122 Å². The summed E-state index contributed by atoms with van der Waals surface area (Å²) in [7, 11) is 1.67. The van der Waals surface area contributed by atoms with Gasteiger partial charge in [0.2, 0.25) is 5.91 Å². The van der Waals surface area contributed by atoms with Crippen LogP contribution in [0.1, 0.15) is 40.5 Å². The average Bonchev–Trinajstić information content (AvgIpc) is 2.38. The Morgan fingerprint density at radius 1 is 1.20 bits per heavy atom. The maximum Gasteiger partial charge on any atom is 0.222 e. The van der Waals surface area contributed by atoms with E-state index in [-0.39, 0.29) is 18.0 Å². The van der Waals surface area contributed by atoms with Crippen LogP contribution in [0.2, 0.25) is 0 Å². The van der Waals surface area contributed by atoms with Crippen LogP contribution in [0.4, 0.5) is 0 Å². The first-order valence-electron chi connectivity index (χ1n) is 7.36. The molecule has 0 aromatic rings. The first-order valence-corrected chi connectivity index (χ1v) is 7.36. The Balaban J connectivity index is 4.16. The van der Waals surface area contributed by atoms with Gasteiger partial charge < -0.3 is 20.7 Å². The molecule has 0 saturated carbocycles. The number of nitrogens with zero attached hydrogens (tertiary/aromatic N) is 1. The average molecular weight is 286 g/mol. The summed E-state index contributed by atoms with van der Waals surface area (Å²) >= 11 is 0. The topological polar surface area (TPSA) is 74.8 Å². The van der Waals surface area contributed by atoms with Crippen molar-refractivity contribution < 1.29 is 9.53 Å². The molecule has 0 radical (unpaired) electrons. The van der Waals surface area contributed by atoms with Gasteiger partial charge in [0.25, 0.3) is 0 Å². The molecular weight excluding hydrogens is 256 g/mol. The van der Waals surface area contributed by atoms with Crippen molar-refractivity contribution >= 4 is 11.9 Å². The van der Waals surface area contributed by atoms with Gasteiger partial charge in [-0.3, -0.25) is 9.79 Å². The van der Waals surface area contributed by atoms with Crippen LogP contribution in [0.5, 0.6) is 0 Å². The third-order valence-electron chi connectivity index (χ3n) is 2.77. The van der Waals surface area contributed by atoms with E-state index in [1.807, 2.05) is 27.7 Å². The Morgan fingerprint density at radius 3 is 2.45 bits per heavy atom. The molecule has 0 aliphatic heterocycles. The summed E-state index contributed by atoms with van der Waals surface area (Å²) in [5, 5.41) is 9.30. The molecule has 2 unspecified atom stereocenters. The fourth-order valence-corrected chi connectivity index (χ4v) is 1.56. The van der Waals surface area contributed by atoms with Crippen LogP contribution in [-0.4, -0.2) is 50.8 Å². The van der Waals surface area contributed by atoms with Crippen LogP contribution >= 0.6 is 0 Å². The number of carbonyl (C=O) groups excluding carboxylic acids is 1. The van der Waals surface area contributed by atoms with Gasteiger partial charge in [0.1, 0.15) is 0 Å². The lowest BCUT2D eigenvalue weighted by Crippen LogP contribution is -2.44. The predicted octanol–water partition coefficient (Wildman–Crippen LogP) is 0.881. The van der Waals surface area contributed by atoms with Crippen molar-refractivity contribution in [1.29, 1.82) is 0 Å². The van der Waals surface area contributed by atoms with Crippen molar-refractivity contribution in [3.05, 3.63) is 0 Å². The highest BCUT2D eigenvalue weighted by atomic mass is 16.5. The molecule has 3 N–H and O–H groups in total. The third kappa shape index (κ3) is 9.61. The number of ether oxygens (including phenoxy) is 1. The lowest BCUT2D eigenvalue weighted by Gasteiger charge is -2.17. The molecule has 0 heterocycles.